The van der Waals surface area contributed by atoms with E-state index in [1.807, 2.05) is 0 Å². The molecule has 2 unspecified atom stereocenters. The molecule has 0 fully saturated rings. The van der Waals surface area contributed by atoms with Crippen molar-refractivity contribution in [3.8, 4) is 0 Å². The van der Waals surface area contributed by atoms with Crippen LogP contribution in [0.1, 0.15) is 30.1 Å². The first kappa shape index (κ1) is 16.8. The summed E-state index contributed by atoms with van der Waals surface area (Å²) in [5, 5.41) is 12.5. The number of halogens is 4. The highest BCUT2D eigenvalue weighted by molar-refractivity contribution is 6.30. The van der Waals surface area contributed by atoms with Crippen LogP contribution in [0.3, 0.4) is 0 Å². The van der Waals surface area contributed by atoms with Gasteiger partial charge in [0, 0.05) is 12.1 Å². The molecular weight excluding hydrogens is 315 g/mol. The second-order valence-corrected chi connectivity index (χ2v) is 5.41. The van der Waals surface area contributed by atoms with Crippen LogP contribution in [0.5, 0.6) is 0 Å². The van der Waals surface area contributed by atoms with E-state index < -0.39 is 29.5 Å². The molecule has 22 heavy (non-hydrogen) atoms. The van der Waals surface area contributed by atoms with E-state index in [4.69, 9.17) is 11.6 Å². The van der Waals surface area contributed by atoms with Gasteiger partial charge in [-0.2, -0.15) is 0 Å². The second kappa shape index (κ2) is 7.13. The van der Waals surface area contributed by atoms with E-state index >= 15 is 0 Å². The Hall–Kier alpha value is -1.56. The Morgan fingerprint density at radius 2 is 1.68 bits per heavy atom. The van der Waals surface area contributed by atoms with Gasteiger partial charge in [0.05, 0.1) is 17.7 Å². The summed E-state index contributed by atoms with van der Waals surface area (Å²) in [6, 6.07) is 6.36. The third kappa shape index (κ3) is 4.00. The molecule has 6 heteroatoms. The number of rotatable bonds is 5. The van der Waals surface area contributed by atoms with Gasteiger partial charge in [-0.25, -0.2) is 13.2 Å². The molecule has 0 aromatic heterocycles. The summed E-state index contributed by atoms with van der Waals surface area (Å²) in [5.74, 6) is -1.95. The van der Waals surface area contributed by atoms with Crippen LogP contribution in [-0.2, 0) is 0 Å². The summed E-state index contributed by atoms with van der Waals surface area (Å²) in [6.45, 7) is 1.40. The lowest BCUT2D eigenvalue weighted by Crippen LogP contribution is -2.27. The lowest BCUT2D eigenvalue weighted by molar-refractivity contribution is 0.235. The summed E-state index contributed by atoms with van der Waals surface area (Å²) in [4.78, 5) is 0. The minimum Gasteiger partial charge on any atom is -0.394 e. The van der Waals surface area contributed by atoms with Gasteiger partial charge in [-0.3, -0.25) is 0 Å². The van der Waals surface area contributed by atoms with Crippen molar-refractivity contribution in [1.29, 1.82) is 0 Å². The van der Waals surface area contributed by atoms with E-state index in [1.165, 1.54) is 24.3 Å². The Labute approximate surface area is 131 Å². The molecule has 0 spiro atoms. The van der Waals surface area contributed by atoms with Crippen LogP contribution in [0.25, 0.3) is 0 Å². The molecule has 118 valence electrons. The van der Waals surface area contributed by atoms with E-state index in [0.717, 1.165) is 6.07 Å². The van der Waals surface area contributed by atoms with Gasteiger partial charge in [-0.05, 0) is 42.3 Å². The van der Waals surface area contributed by atoms with Gasteiger partial charge in [0.25, 0.3) is 0 Å². The molecule has 0 saturated carbocycles. The van der Waals surface area contributed by atoms with Crippen LogP contribution in [0.4, 0.5) is 13.2 Å². The molecule has 0 saturated heterocycles. The lowest BCUT2D eigenvalue weighted by atomic mass is 10.0. The van der Waals surface area contributed by atoms with Crippen molar-refractivity contribution in [2.75, 3.05) is 6.61 Å². The van der Waals surface area contributed by atoms with Gasteiger partial charge in [0.15, 0.2) is 0 Å². The second-order valence-electron chi connectivity index (χ2n) is 5.00. The van der Waals surface area contributed by atoms with Gasteiger partial charge in [0.2, 0.25) is 0 Å². The molecule has 2 rings (SSSR count). The first-order valence-electron chi connectivity index (χ1n) is 6.68. The van der Waals surface area contributed by atoms with Crippen LogP contribution >= 0.6 is 11.6 Å². The minimum absolute atomic E-state index is 0.0133. The maximum atomic E-state index is 13.5. The predicted octanol–water partition coefficient (Wildman–Crippen LogP) is 4.14. The highest BCUT2D eigenvalue weighted by Gasteiger charge is 2.17. The standard InChI is InChI=1S/C16H15ClF3NO/c1-9(11-4-12(18)7-13(19)5-11)21-16(8-22)10-2-3-14(17)15(20)6-10/h2-7,9,16,21-22H,8H2,1H3. The average molecular weight is 330 g/mol. The normalized spacial score (nSPS) is 13.9. The van der Waals surface area contributed by atoms with Crippen molar-refractivity contribution in [2.45, 2.75) is 19.0 Å². The molecule has 2 nitrogen and oxygen atoms in total. The van der Waals surface area contributed by atoms with E-state index in [0.29, 0.717) is 11.1 Å². The lowest BCUT2D eigenvalue weighted by Gasteiger charge is -2.22. The van der Waals surface area contributed by atoms with Crippen molar-refractivity contribution in [2.24, 2.45) is 0 Å². The van der Waals surface area contributed by atoms with Crippen LogP contribution < -0.4 is 5.32 Å². The minimum atomic E-state index is -0.679. The smallest absolute Gasteiger partial charge is 0.142 e. The molecule has 2 N–H and O–H groups in total. The van der Waals surface area contributed by atoms with Crippen molar-refractivity contribution < 1.29 is 18.3 Å². The highest BCUT2D eigenvalue weighted by Crippen LogP contribution is 2.24. The quantitative estimate of drug-likeness (QED) is 0.864. The van der Waals surface area contributed by atoms with Crippen LogP contribution in [0.2, 0.25) is 5.02 Å². The largest absolute Gasteiger partial charge is 0.394 e. The van der Waals surface area contributed by atoms with Crippen molar-refractivity contribution >= 4 is 11.6 Å². The van der Waals surface area contributed by atoms with Crippen molar-refractivity contribution in [3.05, 3.63) is 70.0 Å². The molecule has 0 amide bonds. The zero-order valence-electron chi connectivity index (χ0n) is 11.8. The first-order chi connectivity index (χ1) is 10.4. The molecule has 2 aromatic rings. The summed E-state index contributed by atoms with van der Waals surface area (Å²) < 4.78 is 40.0. The first-order valence-corrected chi connectivity index (χ1v) is 7.06. The Morgan fingerprint density at radius 3 is 2.23 bits per heavy atom. The maximum absolute atomic E-state index is 13.5. The summed E-state index contributed by atoms with van der Waals surface area (Å²) in [5.41, 5.74) is 0.888. The predicted molar refractivity (Wildman–Crippen MR) is 79.1 cm³/mol. The van der Waals surface area contributed by atoms with Gasteiger partial charge >= 0.3 is 0 Å². The Morgan fingerprint density at radius 1 is 1.05 bits per heavy atom. The molecule has 0 aliphatic rings. The van der Waals surface area contributed by atoms with E-state index in [2.05, 4.69) is 5.32 Å². The molecule has 0 bridgehead atoms. The van der Waals surface area contributed by atoms with Gasteiger partial charge < -0.3 is 10.4 Å². The third-order valence-corrected chi connectivity index (χ3v) is 3.67. The third-order valence-electron chi connectivity index (χ3n) is 3.36. The molecule has 2 aromatic carbocycles. The van der Waals surface area contributed by atoms with Crippen molar-refractivity contribution in [3.63, 3.8) is 0 Å². The van der Waals surface area contributed by atoms with Crippen LogP contribution in [0, 0.1) is 17.5 Å². The SMILES string of the molecule is CC(NC(CO)c1ccc(Cl)c(F)c1)c1cc(F)cc(F)c1. The van der Waals surface area contributed by atoms with Gasteiger partial charge in [0.1, 0.15) is 17.5 Å². The van der Waals surface area contributed by atoms with Gasteiger partial charge in [-0.1, -0.05) is 17.7 Å². The fourth-order valence-electron chi connectivity index (χ4n) is 2.21. The van der Waals surface area contributed by atoms with E-state index in [9.17, 15) is 18.3 Å². The van der Waals surface area contributed by atoms with Crippen LogP contribution in [-0.4, -0.2) is 11.7 Å². The average Bonchev–Trinajstić information content (AvgIpc) is 2.46. The summed E-state index contributed by atoms with van der Waals surface area (Å²) >= 11 is 5.62. The van der Waals surface area contributed by atoms with E-state index in [-0.39, 0.29) is 11.6 Å². The fraction of sp³-hybridized carbons (Fsp3) is 0.250. The Kier molecular flexibility index (Phi) is 5.45. The maximum Gasteiger partial charge on any atom is 0.142 e. The van der Waals surface area contributed by atoms with Gasteiger partial charge in [-0.15, -0.1) is 0 Å². The monoisotopic (exact) mass is 329 g/mol. The summed E-state index contributed by atoms with van der Waals surface area (Å²) in [7, 11) is 0. The van der Waals surface area contributed by atoms with E-state index in [1.54, 1.807) is 13.0 Å². The zero-order valence-corrected chi connectivity index (χ0v) is 12.5. The molecule has 0 aliphatic heterocycles. The number of aliphatic hydroxyl groups excluding tert-OH is 1. The molecule has 0 aliphatic carbocycles. The zero-order chi connectivity index (χ0) is 16.3. The Balaban J connectivity index is 2.20. The number of benzene rings is 2. The fourth-order valence-corrected chi connectivity index (χ4v) is 2.32. The Bertz CT molecular complexity index is 646. The molecular formula is C16H15ClF3NO. The molecule has 2 atom stereocenters. The van der Waals surface area contributed by atoms with Crippen molar-refractivity contribution in [1.82, 2.24) is 5.32 Å². The topological polar surface area (TPSA) is 32.3 Å². The number of hydrogen-bond donors (Lipinski definition) is 2. The molecule has 0 heterocycles. The van der Waals surface area contributed by atoms with Crippen LogP contribution in [0.15, 0.2) is 36.4 Å². The summed E-state index contributed by atoms with van der Waals surface area (Å²) in [6.07, 6.45) is 0. The number of hydrogen-bond acceptors (Lipinski definition) is 2. The number of nitrogens with one attached hydrogen (secondary N) is 1. The molecule has 0 radical (unpaired) electrons. The number of aliphatic hydroxyl groups is 1. The highest BCUT2D eigenvalue weighted by atomic mass is 35.5.